The van der Waals surface area contributed by atoms with Gasteiger partial charge in [-0.15, -0.1) is 0 Å². The van der Waals surface area contributed by atoms with Gasteiger partial charge >= 0.3 is 6.18 Å². The highest BCUT2D eigenvalue weighted by molar-refractivity contribution is 7.89. The minimum absolute atomic E-state index is 0.0632. The van der Waals surface area contributed by atoms with E-state index in [0.717, 1.165) is 17.7 Å². The second kappa shape index (κ2) is 6.92. The monoisotopic (exact) mass is 385 g/mol. The van der Waals surface area contributed by atoms with Crippen molar-refractivity contribution in [2.45, 2.75) is 23.4 Å². The molecule has 0 amide bonds. The Morgan fingerprint density at radius 1 is 1.12 bits per heavy atom. The van der Waals surface area contributed by atoms with E-state index in [4.69, 9.17) is 4.74 Å². The molecule has 1 aliphatic heterocycles. The first-order chi connectivity index (χ1) is 12.2. The van der Waals surface area contributed by atoms with E-state index in [9.17, 15) is 21.6 Å². The molecule has 2 aromatic rings. The third kappa shape index (κ3) is 3.57. The van der Waals surface area contributed by atoms with Crippen molar-refractivity contribution < 1.29 is 26.3 Å². The fourth-order valence-corrected chi connectivity index (χ4v) is 4.73. The van der Waals surface area contributed by atoms with Crippen molar-refractivity contribution in [1.82, 2.24) is 4.31 Å². The largest absolute Gasteiger partial charge is 0.496 e. The number of alkyl halides is 3. The highest BCUT2D eigenvalue weighted by Crippen LogP contribution is 2.36. The Labute approximate surface area is 150 Å². The van der Waals surface area contributed by atoms with E-state index in [2.05, 4.69) is 0 Å². The third-order valence-electron chi connectivity index (χ3n) is 4.53. The number of para-hydroxylation sites is 1. The van der Waals surface area contributed by atoms with E-state index in [1.165, 1.54) is 10.4 Å². The summed E-state index contributed by atoms with van der Waals surface area (Å²) < 4.78 is 70.7. The van der Waals surface area contributed by atoms with Crippen LogP contribution in [0.3, 0.4) is 0 Å². The van der Waals surface area contributed by atoms with Gasteiger partial charge in [0, 0.05) is 19.0 Å². The molecule has 0 aliphatic carbocycles. The Hall–Kier alpha value is -2.06. The highest BCUT2D eigenvalue weighted by Gasteiger charge is 2.36. The van der Waals surface area contributed by atoms with Gasteiger partial charge in [-0.2, -0.15) is 17.5 Å². The lowest BCUT2D eigenvalue weighted by atomic mass is 9.97. The number of hydrogen-bond donors (Lipinski definition) is 0. The Kier molecular flexibility index (Phi) is 4.98. The summed E-state index contributed by atoms with van der Waals surface area (Å²) in [5.41, 5.74) is -0.0733. The number of nitrogens with zero attached hydrogens (tertiary/aromatic N) is 1. The summed E-state index contributed by atoms with van der Waals surface area (Å²) >= 11 is 0. The van der Waals surface area contributed by atoms with Gasteiger partial charge in [-0.25, -0.2) is 8.42 Å². The number of methoxy groups -OCH3 is 1. The molecule has 3 rings (SSSR count). The second-order valence-electron chi connectivity index (χ2n) is 6.12. The van der Waals surface area contributed by atoms with E-state index in [1.54, 1.807) is 13.2 Å². The summed E-state index contributed by atoms with van der Waals surface area (Å²) in [6.45, 7) is 0.459. The van der Waals surface area contributed by atoms with Crippen LogP contribution in [0.2, 0.25) is 0 Å². The van der Waals surface area contributed by atoms with Gasteiger partial charge in [-0.05, 0) is 36.2 Å². The van der Waals surface area contributed by atoms with Gasteiger partial charge < -0.3 is 4.74 Å². The molecule has 0 bridgehead atoms. The van der Waals surface area contributed by atoms with Crippen LogP contribution in [-0.2, 0) is 16.2 Å². The van der Waals surface area contributed by atoms with Crippen LogP contribution in [0.15, 0.2) is 53.4 Å². The molecule has 1 fully saturated rings. The van der Waals surface area contributed by atoms with Gasteiger partial charge in [0.05, 0.1) is 17.6 Å². The topological polar surface area (TPSA) is 46.6 Å². The van der Waals surface area contributed by atoms with E-state index in [0.29, 0.717) is 18.2 Å². The second-order valence-corrected chi connectivity index (χ2v) is 8.05. The Morgan fingerprint density at radius 3 is 2.54 bits per heavy atom. The molecule has 26 heavy (non-hydrogen) atoms. The molecule has 0 saturated carbocycles. The number of sulfonamides is 1. The fourth-order valence-electron chi connectivity index (χ4n) is 3.19. The first-order valence-electron chi connectivity index (χ1n) is 8.04. The van der Waals surface area contributed by atoms with Gasteiger partial charge in [0.2, 0.25) is 10.0 Å². The molecule has 0 aromatic heterocycles. The van der Waals surface area contributed by atoms with Crippen molar-refractivity contribution in [3.05, 3.63) is 59.7 Å². The van der Waals surface area contributed by atoms with Crippen LogP contribution in [0.1, 0.15) is 23.5 Å². The Bertz CT molecular complexity index is 897. The van der Waals surface area contributed by atoms with Crippen LogP contribution in [0.5, 0.6) is 5.75 Å². The summed E-state index contributed by atoms with van der Waals surface area (Å²) in [5, 5.41) is 0. The minimum atomic E-state index is -4.59. The maximum atomic E-state index is 12.9. The quantitative estimate of drug-likeness (QED) is 0.802. The maximum Gasteiger partial charge on any atom is 0.416 e. The smallest absolute Gasteiger partial charge is 0.416 e. The van der Waals surface area contributed by atoms with Crippen LogP contribution < -0.4 is 4.74 Å². The van der Waals surface area contributed by atoms with Crippen LogP contribution in [-0.4, -0.2) is 32.9 Å². The van der Waals surface area contributed by atoms with E-state index in [-0.39, 0.29) is 23.9 Å². The fraction of sp³-hybridized carbons (Fsp3) is 0.333. The zero-order valence-electron chi connectivity index (χ0n) is 14.0. The van der Waals surface area contributed by atoms with Crippen LogP contribution in [0, 0.1) is 0 Å². The van der Waals surface area contributed by atoms with Gasteiger partial charge in [0.25, 0.3) is 0 Å². The van der Waals surface area contributed by atoms with Crippen LogP contribution in [0.4, 0.5) is 13.2 Å². The minimum Gasteiger partial charge on any atom is -0.496 e. The normalized spacial score (nSPS) is 18.8. The molecule has 0 radical (unpaired) electrons. The van der Waals surface area contributed by atoms with E-state index in [1.807, 2.05) is 18.2 Å². The number of ether oxygens (including phenoxy) is 1. The average molecular weight is 385 g/mol. The van der Waals surface area contributed by atoms with Gasteiger partial charge in [-0.1, -0.05) is 24.3 Å². The van der Waals surface area contributed by atoms with Crippen molar-refractivity contribution in [2.75, 3.05) is 20.2 Å². The SMILES string of the molecule is COc1ccccc1C1CCN(S(=O)(=O)c2cccc(C(F)(F)F)c2)C1. The standard InChI is InChI=1S/C18H18F3NO3S/c1-25-17-8-3-2-7-16(17)13-9-10-22(12-13)26(23,24)15-6-4-5-14(11-15)18(19,20)21/h2-8,11,13H,9-10,12H2,1H3. The number of benzene rings is 2. The Balaban J connectivity index is 1.86. The molecule has 0 N–H and O–H groups in total. The third-order valence-corrected chi connectivity index (χ3v) is 6.39. The lowest BCUT2D eigenvalue weighted by Gasteiger charge is -2.18. The van der Waals surface area contributed by atoms with Crippen molar-refractivity contribution >= 4 is 10.0 Å². The first-order valence-corrected chi connectivity index (χ1v) is 9.48. The highest BCUT2D eigenvalue weighted by atomic mass is 32.2. The number of rotatable bonds is 4. The van der Waals surface area contributed by atoms with Crippen LogP contribution in [0.25, 0.3) is 0 Å². The van der Waals surface area contributed by atoms with E-state index < -0.39 is 21.8 Å². The average Bonchev–Trinajstić information content (AvgIpc) is 3.12. The van der Waals surface area contributed by atoms with E-state index >= 15 is 0 Å². The summed E-state index contributed by atoms with van der Waals surface area (Å²) in [6, 6.07) is 11.2. The number of hydrogen-bond acceptors (Lipinski definition) is 3. The summed E-state index contributed by atoms with van der Waals surface area (Å²) in [4.78, 5) is -0.340. The zero-order chi connectivity index (χ0) is 18.9. The molecule has 8 heteroatoms. The summed E-state index contributed by atoms with van der Waals surface area (Å²) in [7, 11) is -2.44. The molecule has 1 aliphatic rings. The molecule has 1 atom stereocenters. The predicted octanol–water partition coefficient (Wildman–Crippen LogP) is 3.89. The molecule has 2 aromatic carbocycles. The lowest BCUT2D eigenvalue weighted by Crippen LogP contribution is -2.29. The molecule has 140 valence electrons. The van der Waals surface area contributed by atoms with Crippen molar-refractivity contribution in [1.29, 1.82) is 0 Å². The molecule has 0 spiro atoms. The van der Waals surface area contributed by atoms with Crippen molar-refractivity contribution in [3.63, 3.8) is 0 Å². The molecule has 1 unspecified atom stereocenters. The molecule has 4 nitrogen and oxygen atoms in total. The molecule has 1 heterocycles. The van der Waals surface area contributed by atoms with Crippen molar-refractivity contribution in [2.24, 2.45) is 0 Å². The zero-order valence-corrected chi connectivity index (χ0v) is 14.8. The van der Waals surface area contributed by atoms with Gasteiger partial charge in [0.1, 0.15) is 5.75 Å². The van der Waals surface area contributed by atoms with Crippen LogP contribution >= 0.6 is 0 Å². The molecule has 1 saturated heterocycles. The summed E-state index contributed by atoms with van der Waals surface area (Å²) in [5.74, 6) is 0.613. The first kappa shape index (κ1) is 18.7. The maximum absolute atomic E-state index is 12.9. The lowest BCUT2D eigenvalue weighted by molar-refractivity contribution is -0.137. The van der Waals surface area contributed by atoms with Crippen molar-refractivity contribution in [3.8, 4) is 5.75 Å². The predicted molar refractivity (Wildman–Crippen MR) is 90.6 cm³/mol. The summed E-state index contributed by atoms with van der Waals surface area (Å²) in [6.07, 6.45) is -4.00. The number of halogens is 3. The molecular formula is C18H18F3NO3S. The Morgan fingerprint density at radius 2 is 1.85 bits per heavy atom. The van der Waals surface area contributed by atoms with Gasteiger partial charge in [-0.3, -0.25) is 0 Å². The van der Waals surface area contributed by atoms with Gasteiger partial charge in [0.15, 0.2) is 0 Å². The molecular weight excluding hydrogens is 367 g/mol.